The number of carbonyl (C=O) groups excluding carboxylic acids is 1. The van der Waals surface area contributed by atoms with E-state index in [1.54, 1.807) is 39.0 Å². The maximum Gasteiger partial charge on any atom is 0.329 e. The molecule has 150 valence electrons. The molecular formula is C21H23N5O3. The fourth-order valence-corrected chi connectivity index (χ4v) is 3.47. The molecule has 0 atom stereocenters. The normalized spacial score (nSPS) is 10.9. The van der Waals surface area contributed by atoms with Crippen LogP contribution in [0.5, 0.6) is 0 Å². The molecule has 3 aromatic heterocycles. The van der Waals surface area contributed by atoms with Crippen molar-refractivity contribution < 1.29 is 4.79 Å². The molecule has 0 aliphatic rings. The molecule has 0 saturated heterocycles. The summed E-state index contributed by atoms with van der Waals surface area (Å²) < 4.78 is 1.27. The lowest BCUT2D eigenvalue weighted by Gasteiger charge is -2.15. The summed E-state index contributed by atoms with van der Waals surface area (Å²) in [7, 11) is 0. The number of aromatic nitrogens is 4. The van der Waals surface area contributed by atoms with E-state index in [0.29, 0.717) is 29.2 Å². The first-order valence-corrected chi connectivity index (χ1v) is 9.28. The highest BCUT2D eigenvalue weighted by atomic mass is 16.2. The van der Waals surface area contributed by atoms with Gasteiger partial charge in [-0.15, -0.1) is 0 Å². The molecule has 3 N–H and O–H groups in total. The third-order valence-electron chi connectivity index (χ3n) is 4.57. The van der Waals surface area contributed by atoms with E-state index in [9.17, 15) is 14.4 Å². The number of nitrogen functional groups attached to an aromatic ring is 1. The Morgan fingerprint density at radius 1 is 1.07 bits per heavy atom. The second-order valence-corrected chi connectivity index (χ2v) is 7.07. The molecule has 0 aliphatic carbocycles. The van der Waals surface area contributed by atoms with E-state index < -0.39 is 17.0 Å². The Bertz CT molecular complexity index is 1180. The number of pyridine rings is 2. The lowest BCUT2D eigenvalue weighted by Crippen LogP contribution is -2.37. The van der Waals surface area contributed by atoms with E-state index in [2.05, 4.69) is 15.0 Å². The van der Waals surface area contributed by atoms with Gasteiger partial charge < -0.3 is 5.73 Å². The van der Waals surface area contributed by atoms with E-state index in [-0.39, 0.29) is 23.5 Å². The first kappa shape index (κ1) is 20.2. The number of hydrogen-bond acceptors (Lipinski definition) is 6. The van der Waals surface area contributed by atoms with Crippen LogP contribution in [0.4, 0.5) is 5.82 Å². The van der Waals surface area contributed by atoms with Gasteiger partial charge in [-0.25, -0.2) is 14.8 Å². The summed E-state index contributed by atoms with van der Waals surface area (Å²) in [6.45, 7) is 7.28. The number of H-pyrrole nitrogens is 1. The largest absolute Gasteiger partial charge is 0.384 e. The van der Waals surface area contributed by atoms with Crippen LogP contribution in [0.2, 0.25) is 0 Å². The number of nitrogens with one attached hydrogen (secondary N) is 1. The highest BCUT2D eigenvalue weighted by molar-refractivity contribution is 6.07. The van der Waals surface area contributed by atoms with Gasteiger partial charge in [-0.2, -0.15) is 0 Å². The van der Waals surface area contributed by atoms with Crippen molar-refractivity contribution in [2.24, 2.45) is 0 Å². The molecule has 0 saturated carbocycles. The fraction of sp³-hybridized carbons (Fsp3) is 0.286. The van der Waals surface area contributed by atoms with Gasteiger partial charge in [-0.3, -0.25) is 19.1 Å². The maximum atomic E-state index is 13.4. The monoisotopic (exact) mass is 393 g/mol. The van der Waals surface area contributed by atoms with Gasteiger partial charge in [0.15, 0.2) is 0 Å². The Morgan fingerprint density at radius 3 is 2.38 bits per heavy atom. The molecule has 0 radical (unpaired) electrons. The minimum atomic E-state index is -0.659. The highest BCUT2D eigenvalue weighted by Crippen LogP contribution is 2.15. The molecule has 0 aromatic carbocycles. The Morgan fingerprint density at radius 2 is 1.76 bits per heavy atom. The topological polar surface area (TPSA) is 124 Å². The molecule has 29 heavy (non-hydrogen) atoms. The van der Waals surface area contributed by atoms with Crippen LogP contribution >= 0.6 is 0 Å². The minimum absolute atomic E-state index is 0.0480. The number of anilines is 1. The van der Waals surface area contributed by atoms with Gasteiger partial charge in [0, 0.05) is 17.0 Å². The van der Waals surface area contributed by atoms with Crippen molar-refractivity contribution >= 4 is 11.6 Å². The second-order valence-electron chi connectivity index (χ2n) is 7.07. The third kappa shape index (κ3) is 4.16. The lowest BCUT2D eigenvalue weighted by atomic mass is 10.0. The van der Waals surface area contributed by atoms with Crippen molar-refractivity contribution in [3.8, 4) is 0 Å². The second kappa shape index (κ2) is 7.83. The van der Waals surface area contributed by atoms with E-state index in [4.69, 9.17) is 5.73 Å². The van der Waals surface area contributed by atoms with E-state index >= 15 is 0 Å². The average Bonchev–Trinajstić information content (AvgIpc) is 2.61. The van der Waals surface area contributed by atoms with E-state index in [0.717, 1.165) is 5.56 Å². The summed E-state index contributed by atoms with van der Waals surface area (Å²) in [5.41, 5.74) is 8.03. The van der Waals surface area contributed by atoms with Crippen LogP contribution in [-0.2, 0) is 13.0 Å². The standard InChI is InChI=1S/C21H23N5O3/c1-5-15-18(19(27)16-7-11(2)6-12(3)23-16)26(21(29)25-20(15)28)10-14-8-13(4)24-17(22)9-14/h6-9H,5,10H2,1-4H3,(H2,22,24)(H,25,28,29). The number of nitrogens with two attached hydrogens (primary N) is 1. The average molecular weight is 393 g/mol. The molecule has 3 rings (SSSR count). The summed E-state index contributed by atoms with van der Waals surface area (Å²) in [4.78, 5) is 49.2. The predicted octanol–water partition coefficient (Wildman–Crippen LogP) is 1.68. The number of aryl methyl sites for hydroxylation is 3. The molecule has 8 heteroatoms. The van der Waals surface area contributed by atoms with Crippen LogP contribution in [-0.4, -0.2) is 25.3 Å². The molecule has 0 bridgehead atoms. The van der Waals surface area contributed by atoms with E-state index in [1.165, 1.54) is 4.57 Å². The van der Waals surface area contributed by atoms with Gasteiger partial charge in [-0.1, -0.05) is 6.92 Å². The molecular weight excluding hydrogens is 370 g/mol. The van der Waals surface area contributed by atoms with E-state index in [1.807, 2.05) is 13.0 Å². The zero-order valence-corrected chi connectivity index (χ0v) is 16.9. The molecule has 0 unspecified atom stereocenters. The fourth-order valence-electron chi connectivity index (χ4n) is 3.47. The van der Waals surface area contributed by atoms with Crippen molar-refractivity contribution in [1.82, 2.24) is 19.5 Å². The molecule has 0 spiro atoms. The molecule has 3 heterocycles. The summed E-state index contributed by atoms with van der Waals surface area (Å²) in [6, 6.07) is 6.92. The van der Waals surface area contributed by atoms with Crippen LogP contribution in [0.25, 0.3) is 0 Å². The Kier molecular flexibility index (Phi) is 5.45. The molecule has 3 aromatic rings. The highest BCUT2D eigenvalue weighted by Gasteiger charge is 2.23. The van der Waals surface area contributed by atoms with Crippen molar-refractivity contribution in [2.75, 3.05) is 5.73 Å². The van der Waals surface area contributed by atoms with Crippen LogP contribution in [0.15, 0.2) is 33.9 Å². The molecule has 0 aliphatic heterocycles. The molecule has 0 fully saturated rings. The summed E-state index contributed by atoms with van der Waals surface area (Å²) in [5, 5.41) is 0. The van der Waals surface area contributed by atoms with Crippen LogP contribution in [0.3, 0.4) is 0 Å². The van der Waals surface area contributed by atoms with Gasteiger partial charge in [0.1, 0.15) is 17.2 Å². The SMILES string of the molecule is CCc1c(C(=O)c2cc(C)cc(C)n2)n(Cc2cc(C)nc(N)c2)c(=O)[nH]c1=O. The number of nitrogens with zero attached hydrogens (tertiary/aromatic N) is 3. The maximum absolute atomic E-state index is 13.4. The van der Waals surface area contributed by atoms with Crippen LogP contribution < -0.4 is 17.0 Å². The van der Waals surface area contributed by atoms with Crippen molar-refractivity contribution in [3.63, 3.8) is 0 Å². The summed E-state index contributed by atoms with van der Waals surface area (Å²) in [6.07, 6.45) is 0.291. The van der Waals surface area contributed by atoms with Crippen molar-refractivity contribution in [1.29, 1.82) is 0 Å². The van der Waals surface area contributed by atoms with Crippen molar-refractivity contribution in [2.45, 2.75) is 40.7 Å². The summed E-state index contributed by atoms with van der Waals surface area (Å²) >= 11 is 0. The Balaban J connectivity index is 2.25. The van der Waals surface area contributed by atoms with Gasteiger partial charge in [0.25, 0.3) is 5.56 Å². The molecule has 8 nitrogen and oxygen atoms in total. The lowest BCUT2D eigenvalue weighted by molar-refractivity contribution is 0.102. The first-order valence-electron chi connectivity index (χ1n) is 9.28. The quantitative estimate of drug-likeness (QED) is 0.636. The van der Waals surface area contributed by atoms with Crippen LogP contribution in [0.1, 0.15) is 51.2 Å². The third-order valence-corrected chi connectivity index (χ3v) is 4.57. The minimum Gasteiger partial charge on any atom is -0.384 e. The van der Waals surface area contributed by atoms with Crippen molar-refractivity contribution in [3.05, 3.63) is 84.6 Å². The summed E-state index contributed by atoms with van der Waals surface area (Å²) in [5.74, 6) is -0.146. The number of hydrogen-bond donors (Lipinski definition) is 2. The zero-order chi connectivity index (χ0) is 21.3. The number of carbonyl (C=O) groups is 1. The Labute approximate surface area is 167 Å². The van der Waals surface area contributed by atoms with Gasteiger partial charge >= 0.3 is 5.69 Å². The predicted molar refractivity (Wildman–Crippen MR) is 110 cm³/mol. The zero-order valence-electron chi connectivity index (χ0n) is 16.9. The van der Waals surface area contributed by atoms with Crippen LogP contribution in [0, 0.1) is 20.8 Å². The smallest absolute Gasteiger partial charge is 0.329 e. The van der Waals surface area contributed by atoms with Gasteiger partial charge in [0.05, 0.1) is 6.54 Å². The first-order chi connectivity index (χ1) is 13.7. The van der Waals surface area contributed by atoms with Gasteiger partial charge in [0.2, 0.25) is 5.78 Å². The number of aromatic amines is 1. The Hall–Kier alpha value is -3.55. The number of ketones is 1. The molecule has 0 amide bonds. The number of rotatable bonds is 5. The van der Waals surface area contributed by atoms with Gasteiger partial charge in [-0.05, 0) is 62.6 Å².